The first-order valence-corrected chi connectivity index (χ1v) is 4.03. The summed E-state index contributed by atoms with van der Waals surface area (Å²) in [4.78, 5) is 0. The maximum absolute atomic E-state index is 9.37. The van der Waals surface area contributed by atoms with Crippen LogP contribution in [0.4, 0.5) is 0 Å². The molecule has 0 aromatic heterocycles. The molecule has 2 heteroatoms. The summed E-state index contributed by atoms with van der Waals surface area (Å²) in [5, 5.41) is 18.2. The average Bonchev–Trinajstić information content (AvgIpc) is 1.95. The third-order valence-corrected chi connectivity index (χ3v) is 2.52. The molecule has 1 aliphatic carbocycles. The van der Waals surface area contributed by atoms with Crippen molar-refractivity contribution >= 4 is 0 Å². The molecule has 0 radical (unpaired) electrons. The molecule has 1 fully saturated rings. The molecule has 0 spiro atoms. The van der Waals surface area contributed by atoms with Crippen molar-refractivity contribution in [1.29, 1.82) is 0 Å². The molecule has 60 valence electrons. The summed E-state index contributed by atoms with van der Waals surface area (Å²) in [6.07, 6.45) is 2.75. The van der Waals surface area contributed by atoms with Gasteiger partial charge >= 0.3 is 0 Å². The SMILES string of the molecule is C[C@H]1CC[C@H](CO)C[C@@H]1O. The van der Waals surface area contributed by atoms with Gasteiger partial charge in [0.1, 0.15) is 0 Å². The van der Waals surface area contributed by atoms with E-state index in [0.29, 0.717) is 11.8 Å². The Bertz CT molecular complexity index is 103. The van der Waals surface area contributed by atoms with Crippen LogP contribution in [0.5, 0.6) is 0 Å². The zero-order valence-corrected chi connectivity index (χ0v) is 6.45. The van der Waals surface area contributed by atoms with E-state index in [0.717, 1.165) is 19.3 Å². The van der Waals surface area contributed by atoms with E-state index in [4.69, 9.17) is 5.11 Å². The molecule has 0 aromatic carbocycles. The summed E-state index contributed by atoms with van der Waals surface area (Å²) in [5.41, 5.74) is 0. The van der Waals surface area contributed by atoms with Crippen LogP contribution < -0.4 is 0 Å². The molecular weight excluding hydrogens is 128 g/mol. The molecule has 2 N–H and O–H groups in total. The van der Waals surface area contributed by atoms with Gasteiger partial charge in [0.2, 0.25) is 0 Å². The molecule has 3 atom stereocenters. The van der Waals surface area contributed by atoms with Crippen molar-refractivity contribution in [3.05, 3.63) is 0 Å². The van der Waals surface area contributed by atoms with Crippen LogP contribution >= 0.6 is 0 Å². The van der Waals surface area contributed by atoms with Gasteiger partial charge in [-0.15, -0.1) is 0 Å². The highest BCUT2D eigenvalue weighted by Crippen LogP contribution is 2.27. The lowest BCUT2D eigenvalue weighted by atomic mass is 9.81. The summed E-state index contributed by atoms with van der Waals surface area (Å²) >= 11 is 0. The Kier molecular flexibility index (Phi) is 2.69. The van der Waals surface area contributed by atoms with Crippen molar-refractivity contribution in [2.45, 2.75) is 32.3 Å². The van der Waals surface area contributed by atoms with Gasteiger partial charge in [0.25, 0.3) is 0 Å². The van der Waals surface area contributed by atoms with Crippen molar-refractivity contribution in [2.75, 3.05) is 6.61 Å². The Morgan fingerprint density at radius 1 is 1.40 bits per heavy atom. The minimum absolute atomic E-state index is 0.175. The van der Waals surface area contributed by atoms with E-state index in [-0.39, 0.29) is 12.7 Å². The largest absolute Gasteiger partial charge is 0.396 e. The summed E-state index contributed by atoms with van der Waals surface area (Å²) < 4.78 is 0. The monoisotopic (exact) mass is 144 g/mol. The van der Waals surface area contributed by atoms with Crippen molar-refractivity contribution in [1.82, 2.24) is 0 Å². The second-order valence-electron chi connectivity index (χ2n) is 3.41. The van der Waals surface area contributed by atoms with Crippen LogP contribution in [0.3, 0.4) is 0 Å². The van der Waals surface area contributed by atoms with Gasteiger partial charge in [0.15, 0.2) is 0 Å². The van der Waals surface area contributed by atoms with E-state index in [2.05, 4.69) is 6.92 Å². The average molecular weight is 144 g/mol. The van der Waals surface area contributed by atoms with Crippen LogP contribution in [0.15, 0.2) is 0 Å². The molecule has 1 aliphatic rings. The van der Waals surface area contributed by atoms with Gasteiger partial charge in [-0.25, -0.2) is 0 Å². The molecule has 0 heterocycles. The third kappa shape index (κ3) is 1.70. The fourth-order valence-electron chi connectivity index (χ4n) is 1.55. The number of hydrogen-bond donors (Lipinski definition) is 2. The van der Waals surface area contributed by atoms with Crippen LogP contribution in [0.1, 0.15) is 26.2 Å². The summed E-state index contributed by atoms with van der Waals surface area (Å²) in [6, 6.07) is 0. The molecule has 0 saturated heterocycles. The van der Waals surface area contributed by atoms with Gasteiger partial charge in [-0.2, -0.15) is 0 Å². The summed E-state index contributed by atoms with van der Waals surface area (Å²) in [5.74, 6) is 0.786. The first kappa shape index (κ1) is 8.02. The van der Waals surface area contributed by atoms with Crippen molar-refractivity contribution < 1.29 is 10.2 Å². The van der Waals surface area contributed by atoms with Crippen LogP contribution in [0.25, 0.3) is 0 Å². The summed E-state index contributed by atoms with van der Waals surface area (Å²) in [7, 11) is 0. The Morgan fingerprint density at radius 3 is 2.60 bits per heavy atom. The number of rotatable bonds is 1. The molecule has 0 unspecified atom stereocenters. The van der Waals surface area contributed by atoms with E-state index < -0.39 is 0 Å². The highest BCUT2D eigenvalue weighted by Gasteiger charge is 2.24. The van der Waals surface area contributed by atoms with Gasteiger partial charge in [0, 0.05) is 6.61 Å². The predicted octanol–water partition coefficient (Wildman–Crippen LogP) is 0.776. The second-order valence-corrected chi connectivity index (χ2v) is 3.41. The van der Waals surface area contributed by atoms with E-state index in [1.54, 1.807) is 0 Å². The first-order valence-electron chi connectivity index (χ1n) is 4.03. The Hall–Kier alpha value is -0.0800. The maximum Gasteiger partial charge on any atom is 0.0569 e. The predicted molar refractivity (Wildman–Crippen MR) is 39.6 cm³/mol. The Morgan fingerprint density at radius 2 is 2.10 bits per heavy atom. The molecular formula is C8H16O2. The Labute approximate surface area is 61.9 Å². The van der Waals surface area contributed by atoms with Crippen LogP contribution in [-0.2, 0) is 0 Å². The van der Waals surface area contributed by atoms with Gasteiger partial charge in [-0.3, -0.25) is 0 Å². The summed E-state index contributed by atoms with van der Waals surface area (Å²) in [6.45, 7) is 2.31. The normalized spacial score (nSPS) is 41.7. The lowest BCUT2D eigenvalue weighted by Gasteiger charge is -2.29. The second kappa shape index (κ2) is 3.35. The highest BCUT2D eigenvalue weighted by molar-refractivity contribution is 4.76. The van der Waals surface area contributed by atoms with Crippen molar-refractivity contribution in [3.63, 3.8) is 0 Å². The number of hydrogen-bond acceptors (Lipinski definition) is 2. The van der Waals surface area contributed by atoms with Crippen LogP contribution in [0.2, 0.25) is 0 Å². The lowest BCUT2D eigenvalue weighted by Crippen LogP contribution is -2.28. The fourth-order valence-corrected chi connectivity index (χ4v) is 1.55. The zero-order chi connectivity index (χ0) is 7.56. The minimum Gasteiger partial charge on any atom is -0.396 e. The first-order chi connectivity index (χ1) is 4.74. The van der Waals surface area contributed by atoms with Gasteiger partial charge < -0.3 is 10.2 Å². The molecule has 2 nitrogen and oxygen atoms in total. The standard InChI is InChI=1S/C8H16O2/c1-6-2-3-7(5-9)4-8(6)10/h6-10H,2-5H2,1H3/t6-,7-,8-/m0/s1. The lowest BCUT2D eigenvalue weighted by molar-refractivity contribution is 0.0356. The molecule has 0 amide bonds. The fraction of sp³-hybridized carbons (Fsp3) is 1.00. The van der Waals surface area contributed by atoms with Crippen LogP contribution in [-0.4, -0.2) is 22.9 Å². The highest BCUT2D eigenvalue weighted by atomic mass is 16.3. The third-order valence-electron chi connectivity index (χ3n) is 2.52. The molecule has 1 saturated carbocycles. The van der Waals surface area contributed by atoms with Gasteiger partial charge in [0.05, 0.1) is 6.10 Å². The maximum atomic E-state index is 9.37. The number of aliphatic hydroxyl groups is 2. The van der Waals surface area contributed by atoms with Crippen LogP contribution in [0, 0.1) is 11.8 Å². The van der Waals surface area contributed by atoms with E-state index in [1.807, 2.05) is 0 Å². The molecule has 0 aromatic rings. The Balaban J connectivity index is 2.33. The quantitative estimate of drug-likeness (QED) is 0.571. The topological polar surface area (TPSA) is 40.5 Å². The smallest absolute Gasteiger partial charge is 0.0569 e. The van der Waals surface area contributed by atoms with Crippen molar-refractivity contribution in [2.24, 2.45) is 11.8 Å². The minimum atomic E-state index is -0.175. The van der Waals surface area contributed by atoms with E-state index >= 15 is 0 Å². The van der Waals surface area contributed by atoms with Gasteiger partial charge in [-0.1, -0.05) is 6.92 Å². The molecule has 0 aliphatic heterocycles. The molecule has 1 rings (SSSR count). The number of aliphatic hydroxyl groups excluding tert-OH is 2. The van der Waals surface area contributed by atoms with E-state index in [1.165, 1.54) is 0 Å². The zero-order valence-electron chi connectivity index (χ0n) is 6.45. The van der Waals surface area contributed by atoms with Gasteiger partial charge in [-0.05, 0) is 31.1 Å². The van der Waals surface area contributed by atoms with Crippen molar-refractivity contribution in [3.8, 4) is 0 Å². The van der Waals surface area contributed by atoms with E-state index in [9.17, 15) is 5.11 Å². The molecule has 0 bridgehead atoms. The molecule has 10 heavy (non-hydrogen) atoms.